The lowest BCUT2D eigenvalue weighted by Crippen LogP contribution is -2.23. The fraction of sp³-hybridized carbons (Fsp3) is 0.0909. The predicted octanol–water partition coefficient (Wildman–Crippen LogP) is -0.590. The third-order valence-electron chi connectivity index (χ3n) is 2.37. The number of hydrogen-bond acceptors (Lipinski definition) is 7. The summed E-state index contributed by atoms with van der Waals surface area (Å²) in [7, 11) is 0. The molecule has 0 bridgehead atoms. The maximum atomic E-state index is 11.5. The van der Waals surface area contributed by atoms with Crippen LogP contribution in [0.25, 0.3) is 0 Å². The molecule has 0 unspecified atom stereocenters. The number of nitrogens with zero attached hydrogens (tertiary/aromatic N) is 5. The van der Waals surface area contributed by atoms with E-state index in [0.717, 1.165) is 24.4 Å². The summed E-state index contributed by atoms with van der Waals surface area (Å²) in [6.45, 7) is -0.0868. The number of carbonyl (C=O) groups is 1. The Morgan fingerprint density at radius 1 is 1.52 bits per heavy atom. The first-order valence-corrected chi connectivity index (χ1v) is 5.66. The van der Waals surface area contributed by atoms with Crippen molar-refractivity contribution in [3.05, 3.63) is 46.5 Å². The molecule has 0 aliphatic rings. The highest BCUT2D eigenvalue weighted by Crippen LogP contribution is 2.18. The SMILES string of the molecule is O=C(Cn1cncn1)N/N=C\c1cc([N+](=O)[O-])ccc1[O-]. The Kier molecular flexibility index (Phi) is 4.19. The van der Waals surface area contributed by atoms with Gasteiger partial charge in [-0.2, -0.15) is 10.2 Å². The molecule has 0 aliphatic carbocycles. The van der Waals surface area contributed by atoms with Gasteiger partial charge in [-0.3, -0.25) is 14.9 Å². The number of hydrazone groups is 1. The van der Waals surface area contributed by atoms with Gasteiger partial charge in [-0.25, -0.2) is 15.1 Å². The minimum Gasteiger partial charge on any atom is -0.872 e. The van der Waals surface area contributed by atoms with Crippen LogP contribution in [0.2, 0.25) is 0 Å². The summed E-state index contributed by atoms with van der Waals surface area (Å²) in [6.07, 6.45) is 3.69. The van der Waals surface area contributed by atoms with Gasteiger partial charge >= 0.3 is 0 Å². The summed E-state index contributed by atoms with van der Waals surface area (Å²) in [5, 5.41) is 29.4. The number of non-ortho nitro benzene ring substituents is 1. The molecular weight excluding hydrogens is 280 g/mol. The van der Waals surface area contributed by atoms with Gasteiger partial charge in [0.15, 0.2) is 0 Å². The van der Waals surface area contributed by atoms with Crippen molar-refractivity contribution >= 4 is 17.8 Å². The average molecular weight is 289 g/mol. The van der Waals surface area contributed by atoms with Crippen molar-refractivity contribution < 1.29 is 14.8 Å². The fourth-order valence-electron chi connectivity index (χ4n) is 1.42. The van der Waals surface area contributed by atoms with E-state index in [-0.39, 0.29) is 17.8 Å². The van der Waals surface area contributed by atoms with E-state index in [9.17, 15) is 20.0 Å². The number of carbonyl (C=O) groups excluding carboxylic acids is 1. The molecule has 10 heteroatoms. The van der Waals surface area contributed by atoms with Crippen LogP contribution in [0.3, 0.4) is 0 Å². The quantitative estimate of drug-likeness (QED) is 0.443. The molecule has 108 valence electrons. The van der Waals surface area contributed by atoms with Crippen molar-refractivity contribution in [2.24, 2.45) is 5.10 Å². The van der Waals surface area contributed by atoms with Gasteiger partial charge in [-0.1, -0.05) is 11.8 Å². The third-order valence-corrected chi connectivity index (χ3v) is 2.37. The van der Waals surface area contributed by atoms with E-state index in [4.69, 9.17) is 0 Å². The summed E-state index contributed by atoms with van der Waals surface area (Å²) in [5.41, 5.74) is 1.95. The van der Waals surface area contributed by atoms with Crippen LogP contribution in [0.5, 0.6) is 5.75 Å². The van der Waals surface area contributed by atoms with E-state index >= 15 is 0 Å². The van der Waals surface area contributed by atoms with Crippen LogP contribution in [0.1, 0.15) is 5.56 Å². The number of aromatic nitrogens is 3. The summed E-state index contributed by atoms with van der Waals surface area (Å²) in [6, 6.07) is 3.25. The Hall–Kier alpha value is -3.30. The molecule has 0 aliphatic heterocycles. The number of rotatable bonds is 5. The zero-order chi connectivity index (χ0) is 15.2. The van der Waals surface area contributed by atoms with Crippen molar-refractivity contribution in [2.75, 3.05) is 0 Å². The Morgan fingerprint density at radius 3 is 3.00 bits per heavy atom. The van der Waals surface area contributed by atoms with E-state index in [1.807, 2.05) is 0 Å². The van der Waals surface area contributed by atoms with Gasteiger partial charge < -0.3 is 5.11 Å². The highest BCUT2D eigenvalue weighted by atomic mass is 16.6. The lowest BCUT2D eigenvalue weighted by Gasteiger charge is -2.08. The average Bonchev–Trinajstić information content (AvgIpc) is 2.93. The number of hydrogen-bond donors (Lipinski definition) is 1. The molecule has 10 nitrogen and oxygen atoms in total. The van der Waals surface area contributed by atoms with Crippen LogP contribution in [0.4, 0.5) is 5.69 Å². The first-order valence-electron chi connectivity index (χ1n) is 5.66. The van der Waals surface area contributed by atoms with Crippen molar-refractivity contribution in [2.45, 2.75) is 6.54 Å². The summed E-state index contributed by atoms with van der Waals surface area (Å²) < 4.78 is 1.29. The van der Waals surface area contributed by atoms with Crippen LogP contribution >= 0.6 is 0 Å². The van der Waals surface area contributed by atoms with E-state index in [2.05, 4.69) is 20.6 Å². The molecule has 0 saturated heterocycles. The largest absolute Gasteiger partial charge is 0.872 e. The van der Waals surface area contributed by atoms with Gasteiger partial charge in [0.05, 0.1) is 11.1 Å². The molecule has 0 fully saturated rings. The smallest absolute Gasteiger partial charge is 0.270 e. The van der Waals surface area contributed by atoms with Gasteiger partial charge in [0.25, 0.3) is 11.6 Å². The molecule has 1 N–H and O–H groups in total. The van der Waals surface area contributed by atoms with Crippen molar-refractivity contribution in [1.82, 2.24) is 20.2 Å². The monoisotopic (exact) mass is 289 g/mol. The molecule has 0 radical (unpaired) electrons. The van der Waals surface area contributed by atoms with Crippen molar-refractivity contribution in [3.8, 4) is 5.75 Å². The number of nitrogens with one attached hydrogen (secondary N) is 1. The zero-order valence-electron chi connectivity index (χ0n) is 10.5. The summed E-state index contributed by atoms with van der Waals surface area (Å²) >= 11 is 0. The maximum absolute atomic E-state index is 11.5. The minimum absolute atomic E-state index is 0.00487. The number of benzene rings is 1. The Morgan fingerprint density at radius 2 is 2.33 bits per heavy atom. The third kappa shape index (κ3) is 3.83. The lowest BCUT2D eigenvalue weighted by molar-refractivity contribution is -0.385. The second-order valence-electron chi connectivity index (χ2n) is 3.87. The topological polar surface area (TPSA) is 138 Å². The lowest BCUT2D eigenvalue weighted by atomic mass is 10.2. The molecular formula is C11H9N6O4-. The van der Waals surface area contributed by atoms with Crippen LogP contribution in [0, 0.1) is 10.1 Å². The van der Waals surface area contributed by atoms with Gasteiger partial charge in [0.2, 0.25) is 0 Å². The van der Waals surface area contributed by atoms with E-state index in [0.29, 0.717) is 0 Å². The first kappa shape index (κ1) is 14.1. The summed E-state index contributed by atoms with van der Waals surface area (Å²) in [4.78, 5) is 25.1. The highest BCUT2D eigenvalue weighted by molar-refractivity contribution is 5.85. The van der Waals surface area contributed by atoms with E-state index < -0.39 is 16.6 Å². The molecule has 1 heterocycles. The molecule has 0 atom stereocenters. The molecule has 1 aromatic carbocycles. The molecule has 0 saturated carbocycles. The van der Waals surface area contributed by atoms with Crippen LogP contribution in [-0.4, -0.2) is 31.8 Å². The number of nitro benzene ring substituents is 1. The Bertz CT molecular complexity index is 682. The van der Waals surface area contributed by atoms with Crippen molar-refractivity contribution in [1.29, 1.82) is 0 Å². The second kappa shape index (κ2) is 6.23. The zero-order valence-corrected chi connectivity index (χ0v) is 10.5. The molecule has 0 spiro atoms. The molecule has 2 rings (SSSR count). The summed E-state index contributed by atoms with van der Waals surface area (Å²) in [5.74, 6) is -0.912. The number of amides is 1. The van der Waals surface area contributed by atoms with E-state index in [1.54, 1.807) is 0 Å². The van der Waals surface area contributed by atoms with Crippen molar-refractivity contribution in [3.63, 3.8) is 0 Å². The molecule has 2 aromatic rings. The van der Waals surface area contributed by atoms with Crippen LogP contribution in [0.15, 0.2) is 36.0 Å². The Balaban J connectivity index is 1.99. The van der Waals surface area contributed by atoms with E-state index in [1.165, 1.54) is 17.3 Å². The van der Waals surface area contributed by atoms with Gasteiger partial charge in [-0.05, 0) is 5.56 Å². The minimum atomic E-state index is -0.625. The molecule has 21 heavy (non-hydrogen) atoms. The van der Waals surface area contributed by atoms with Crippen LogP contribution < -0.4 is 10.5 Å². The first-order chi connectivity index (χ1) is 10.1. The second-order valence-corrected chi connectivity index (χ2v) is 3.87. The highest BCUT2D eigenvalue weighted by Gasteiger charge is 2.05. The molecule has 1 amide bonds. The van der Waals surface area contributed by atoms with Crippen LogP contribution in [-0.2, 0) is 11.3 Å². The van der Waals surface area contributed by atoms with Gasteiger partial charge in [-0.15, -0.1) is 0 Å². The Labute approximate surface area is 117 Å². The predicted molar refractivity (Wildman–Crippen MR) is 68.3 cm³/mol. The fourth-order valence-corrected chi connectivity index (χ4v) is 1.42. The normalized spacial score (nSPS) is 10.7. The van der Waals surface area contributed by atoms with Gasteiger partial charge in [0, 0.05) is 12.1 Å². The van der Waals surface area contributed by atoms with Gasteiger partial charge in [0.1, 0.15) is 19.2 Å². The standard InChI is InChI=1S/C11H10N6O4/c18-10-2-1-9(17(20)21)3-8(10)4-13-15-11(19)5-16-7-12-6-14-16/h1-4,6-7,18H,5H2,(H,15,19)/p-1/b13-4-. The molecule has 1 aromatic heterocycles. The number of nitro groups is 1. The maximum Gasteiger partial charge on any atom is 0.270 e.